The summed E-state index contributed by atoms with van der Waals surface area (Å²) < 4.78 is 5.13. The monoisotopic (exact) mass is 139 g/mol. The first-order chi connectivity index (χ1) is 4.93. The van der Waals surface area contributed by atoms with Crippen LogP contribution >= 0.6 is 0 Å². The summed E-state index contributed by atoms with van der Waals surface area (Å²) in [5.41, 5.74) is 0. The third-order valence-electron chi connectivity index (χ3n) is 1.38. The summed E-state index contributed by atoms with van der Waals surface area (Å²) in [6, 6.07) is 0. The molecular formula is C7H9NO2. The van der Waals surface area contributed by atoms with Crippen molar-refractivity contribution in [3.63, 3.8) is 0 Å². The molecule has 0 aromatic heterocycles. The van der Waals surface area contributed by atoms with Crippen LogP contribution in [0.25, 0.3) is 0 Å². The average Bonchev–Trinajstić information content (AvgIpc) is 2.03. The van der Waals surface area contributed by atoms with Gasteiger partial charge >= 0.3 is 0 Å². The van der Waals surface area contributed by atoms with Gasteiger partial charge in [-0.1, -0.05) is 0 Å². The van der Waals surface area contributed by atoms with Crippen LogP contribution in [-0.4, -0.2) is 18.7 Å². The number of nitrogens with zero attached hydrogens (tertiary/aromatic N) is 1. The molecule has 0 amide bonds. The normalized spacial score (nSPS) is 23.0. The van der Waals surface area contributed by atoms with E-state index in [1.807, 2.05) is 6.08 Å². The number of rotatable bonds is 2. The highest BCUT2D eigenvalue weighted by Gasteiger charge is 2.08. The highest BCUT2D eigenvalue weighted by molar-refractivity contribution is 5.32. The summed E-state index contributed by atoms with van der Waals surface area (Å²) in [5, 5.41) is 0. The van der Waals surface area contributed by atoms with E-state index in [1.165, 1.54) is 6.08 Å². The average molecular weight is 139 g/mol. The number of aliphatic imine (C=N–C) groups is 1. The minimum Gasteiger partial charge on any atom is -0.496 e. The molecule has 0 N–H and O–H groups in total. The lowest BCUT2D eigenvalue weighted by Crippen LogP contribution is -2.15. The number of allylic oxidation sites excluding steroid dienone is 1. The van der Waals surface area contributed by atoms with Gasteiger partial charge in [0.2, 0.25) is 6.08 Å². The molecule has 0 saturated heterocycles. The van der Waals surface area contributed by atoms with Crippen molar-refractivity contribution in [3.05, 3.63) is 12.3 Å². The van der Waals surface area contributed by atoms with Crippen LogP contribution in [0.4, 0.5) is 0 Å². The SMILES string of the molecule is O=C=NCC1CCC=CO1. The van der Waals surface area contributed by atoms with Gasteiger partial charge in [-0.05, 0) is 18.9 Å². The van der Waals surface area contributed by atoms with Crippen LogP contribution in [0, 0.1) is 0 Å². The standard InChI is InChI=1S/C7H9NO2/c9-6-8-5-7-3-1-2-4-10-7/h2,4,7H,1,3,5H2. The zero-order valence-electron chi connectivity index (χ0n) is 5.62. The first kappa shape index (κ1) is 7.03. The van der Waals surface area contributed by atoms with Gasteiger partial charge < -0.3 is 4.74 Å². The Bertz CT molecular complexity index is 170. The van der Waals surface area contributed by atoms with Crippen LogP contribution in [-0.2, 0) is 9.53 Å². The summed E-state index contributed by atoms with van der Waals surface area (Å²) in [5.74, 6) is 0. The van der Waals surface area contributed by atoms with Gasteiger partial charge in [0.15, 0.2) is 0 Å². The van der Waals surface area contributed by atoms with Crippen molar-refractivity contribution in [1.29, 1.82) is 0 Å². The molecule has 54 valence electrons. The fourth-order valence-electron chi connectivity index (χ4n) is 0.858. The second-order valence-electron chi connectivity index (χ2n) is 2.14. The highest BCUT2D eigenvalue weighted by atomic mass is 16.5. The lowest BCUT2D eigenvalue weighted by Gasteiger charge is -2.15. The molecule has 1 heterocycles. The highest BCUT2D eigenvalue weighted by Crippen LogP contribution is 2.09. The summed E-state index contributed by atoms with van der Waals surface area (Å²) in [4.78, 5) is 13.1. The molecule has 0 aromatic rings. The fourth-order valence-corrected chi connectivity index (χ4v) is 0.858. The summed E-state index contributed by atoms with van der Waals surface area (Å²) in [6.45, 7) is 0.438. The minimum absolute atomic E-state index is 0.0893. The van der Waals surface area contributed by atoms with Crippen molar-refractivity contribution in [2.45, 2.75) is 18.9 Å². The molecule has 1 rings (SSSR count). The molecule has 0 spiro atoms. The Labute approximate surface area is 59.4 Å². The van der Waals surface area contributed by atoms with Gasteiger partial charge in [0, 0.05) is 0 Å². The number of hydrogen-bond acceptors (Lipinski definition) is 3. The van der Waals surface area contributed by atoms with Gasteiger partial charge in [-0.15, -0.1) is 0 Å². The smallest absolute Gasteiger partial charge is 0.235 e. The summed E-state index contributed by atoms with van der Waals surface area (Å²) >= 11 is 0. The van der Waals surface area contributed by atoms with Gasteiger partial charge in [0.1, 0.15) is 6.10 Å². The van der Waals surface area contributed by atoms with Crippen LogP contribution < -0.4 is 0 Å². The maximum atomic E-state index is 9.68. The third-order valence-corrected chi connectivity index (χ3v) is 1.38. The van der Waals surface area contributed by atoms with E-state index < -0.39 is 0 Å². The van der Waals surface area contributed by atoms with Gasteiger partial charge in [-0.2, -0.15) is 0 Å². The largest absolute Gasteiger partial charge is 0.496 e. The fraction of sp³-hybridized carbons (Fsp3) is 0.571. The van der Waals surface area contributed by atoms with Gasteiger partial charge in [0.05, 0.1) is 12.8 Å². The van der Waals surface area contributed by atoms with Gasteiger partial charge in [-0.3, -0.25) is 0 Å². The summed E-state index contributed by atoms with van der Waals surface area (Å²) in [7, 11) is 0. The second-order valence-corrected chi connectivity index (χ2v) is 2.14. The van der Waals surface area contributed by atoms with Crippen molar-refractivity contribution in [2.24, 2.45) is 4.99 Å². The van der Waals surface area contributed by atoms with E-state index in [0.29, 0.717) is 6.54 Å². The first-order valence-electron chi connectivity index (χ1n) is 3.27. The lowest BCUT2D eigenvalue weighted by molar-refractivity contribution is 0.131. The van der Waals surface area contributed by atoms with Gasteiger partial charge in [0.25, 0.3) is 0 Å². The van der Waals surface area contributed by atoms with Crippen LogP contribution in [0.2, 0.25) is 0 Å². The second kappa shape index (κ2) is 3.85. The predicted octanol–water partition coefficient (Wildman–Crippen LogP) is 1.01. The maximum Gasteiger partial charge on any atom is 0.235 e. The molecule has 1 aliphatic heterocycles. The van der Waals surface area contributed by atoms with Gasteiger partial charge in [-0.25, -0.2) is 9.79 Å². The first-order valence-corrected chi connectivity index (χ1v) is 3.27. The molecule has 0 radical (unpaired) electrons. The molecule has 10 heavy (non-hydrogen) atoms. The molecule has 1 atom stereocenters. The Morgan fingerprint density at radius 2 is 2.70 bits per heavy atom. The van der Waals surface area contributed by atoms with Crippen LogP contribution in [0.1, 0.15) is 12.8 Å². The number of isocyanates is 1. The molecule has 0 bridgehead atoms. The molecular weight excluding hydrogens is 130 g/mol. The predicted molar refractivity (Wildman–Crippen MR) is 36.2 cm³/mol. The Kier molecular flexibility index (Phi) is 2.71. The topological polar surface area (TPSA) is 38.7 Å². The number of carbonyl (C=O) groups excluding carboxylic acids is 1. The zero-order valence-corrected chi connectivity index (χ0v) is 5.62. The van der Waals surface area contributed by atoms with Crippen molar-refractivity contribution < 1.29 is 9.53 Å². The van der Waals surface area contributed by atoms with Crippen LogP contribution in [0.15, 0.2) is 17.3 Å². The Balaban J connectivity index is 2.28. The van der Waals surface area contributed by atoms with Crippen molar-refractivity contribution in [2.75, 3.05) is 6.54 Å². The quantitative estimate of drug-likeness (QED) is 0.423. The molecule has 0 aromatic carbocycles. The van der Waals surface area contributed by atoms with Crippen molar-refractivity contribution >= 4 is 6.08 Å². The summed E-state index contributed by atoms with van der Waals surface area (Å²) in [6.07, 6.45) is 7.15. The lowest BCUT2D eigenvalue weighted by atomic mass is 10.2. The molecule has 1 unspecified atom stereocenters. The van der Waals surface area contributed by atoms with Crippen molar-refractivity contribution in [3.8, 4) is 0 Å². The van der Waals surface area contributed by atoms with E-state index in [-0.39, 0.29) is 6.10 Å². The van der Waals surface area contributed by atoms with E-state index in [0.717, 1.165) is 12.8 Å². The zero-order chi connectivity index (χ0) is 7.23. The van der Waals surface area contributed by atoms with E-state index in [4.69, 9.17) is 4.74 Å². The van der Waals surface area contributed by atoms with E-state index in [9.17, 15) is 4.79 Å². The Morgan fingerprint density at radius 1 is 1.80 bits per heavy atom. The van der Waals surface area contributed by atoms with Crippen LogP contribution in [0.3, 0.4) is 0 Å². The van der Waals surface area contributed by atoms with Crippen molar-refractivity contribution in [1.82, 2.24) is 0 Å². The molecule has 0 aliphatic carbocycles. The molecule has 0 fully saturated rings. The van der Waals surface area contributed by atoms with Crippen LogP contribution in [0.5, 0.6) is 0 Å². The third kappa shape index (κ3) is 2.03. The Hall–Kier alpha value is -1.08. The van der Waals surface area contributed by atoms with E-state index in [1.54, 1.807) is 6.26 Å². The number of ether oxygens (including phenoxy) is 1. The van der Waals surface area contributed by atoms with E-state index in [2.05, 4.69) is 4.99 Å². The molecule has 3 heteroatoms. The molecule has 0 saturated carbocycles. The minimum atomic E-state index is 0.0893. The Morgan fingerprint density at radius 3 is 3.30 bits per heavy atom. The maximum absolute atomic E-state index is 9.68. The molecule has 1 aliphatic rings. The number of hydrogen-bond donors (Lipinski definition) is 0. The van der Waals surface area contributed by atoms with E-state index >= 15 is 0 Å². The molecule has 3 nitrogen and oxygen atoms in total.